The lowest BCUT2D eigenvalue weighted by atomic mass is 10.3. The van der Waals surface area contributed by atoms with Crippen LogP contribution in [0.4, 0.5) is 5.69 Å². The molecule has 0 aliphatic rings. The van der Waals surface area contributed by atoms with Gasteiger partial charge in [-0.2, -0.15) is 0 Å². The first-order chi connectivity index (χ1) is 6.97. The zero-order valence-corrected chi connectivity index (χ0v) is 9.68. The predicted molar refractivity (Wildman–Crippen MR) is 57.4 cm³/mol. The summed E-state index contributed by atoms with van der Waals surface area (Å²) in [4.78, 5) is 21.8. The van der Waals surface area contributed by atoms with Crippen LogP contribution in [0.15, 0.2) is 6.07 Å². The molecule has 15 heavy (non-hydrogen) atoms. The minimum atomic E-state index is -0.564. The van der Waals surface area contributed by atoms with Crippen LogP contribution in [-0.4, -0.2) is 10.7 Å². The van der Waals surface area contributed by atoms with E-state index in [2.05, 4.69) is 0 Å². The Morgan fingerprint density at radius 2 is 2.27 bits per heavy atom. The summed E-state index contributed by atoms with van der Waals surface area (Å²) in [5, 5.41) is 10.2. The summed E-state index contributed by atoms with van der Waals surface area (Å²) in [5.41, 5.74) is -0.138. The van der Waals surface area contributed by atoms with Gasteiger partial charge in [-0.05, 0) is 6.92 Å². The lowest BCUT2D eigenvalue weighted by molar-refractivity contribution is -0.385. The first kappa shape index (κ1) is 11.9. The molecule has 1 atom stereocenters. The Morgan fingerprint density at radius 1 is 1.67 bits per heavy atom. The molecule has 0 fully saturated rings. The van der Waals surface area contributed by atoms with Crippen molar-refractivity contribution in [2.45, 2.75) is 19.1 Å². The van der Waals surface area contributed by atoms with Gasteiger partial charge < -0.3 is 0 Å². The number of thiophene rings is 1. The third-order valence-corrected chi connectivity index (χ3v) is 3.88. The Bertz CT molecular complexity index is 426. The number of nitro groups is 1. The van der Waals surface area contributed by atoms with E-state index < -0.39 is 10.2 Å². The normalized spacial score (nSPS) is 12.1. The molecule has 80 valence electrons. The molecule has 0 bridgehead atoms. The third kappa shape index (κ3) is 2.42. The van der Waals surface area contributed by atoms with Gasteiger partial charge in [0.2, 0.25) is 0 Å². The first-order valence-corrected chi connectivity index (χ1v) is 5.67. The highest BCUT2D eigenvalue weighted by Gasteiger charge is 2.31. The second-order valence-electron chi connectivity index (χ2n) is 2.91. The van der Waals surface area contributed by atoms with Crippen molar-refractivity contribution in [2.75, 3.05) is 0 Å². The molecule has 1 aromatic rings. The van der Waals surface area contributed by atoms with Crippen molar-refractivity contribution < 1.29 is 13.9 Å². The average Bonchev–Trinajstić information content (AvgIpc) is 2.61. The number of nitrogens with zero attached hydrogens (tertiary/aromatic N) is 1. The summed E-state index contributed by atoms with van der Waals surface area (Å²) >= 11 is 1.30. The van der Waals surface area contributed by atoms with E-state index in [1.165, 1.54) is 13.0 Å². The van der Waals surface area contributed by atoms with Crippen LogP contribution in [0.5, 0.6) is 0 Å². The Morgan fingerprint density at radius 3 is 2.67 bits per heavy atom. The first-order valence-electron chi connectivity index (χ1n) is 4.05. The topological polar surface area (TPSA) is 77.3 Å². The van der Waals surface area contributed by atoms with Crippen molar-refractivity contribution in [3.63, 3.8) is 0 Å². The largest absolute Gasteiger partial charge is 0.468 e. The molecule has 0 aliphatic heterocycles. The molecule has 0 saturated heterocycles. The smallest absolute Gasteiger partial charge is 0.294 e. The summed E-state index contributed by atoms with van der Waals surface area (Å²) in [6, 6.07) is 1.23. The minimum absolute atomic E-state index is 0.138. The van der Waals surface area contributed by atoms with Gasteiger partial charge >= 0.3 is 11.7 Å². The zero-order chi connectivity index (χ0) is 11.6. The highest BCUT2D eigenvalue weighted by Crippen LogP contribution is 2.35. The molecule has 0 N–H and O–H groups in total. The number of Topliss-reactive ketones (excluding diaryl/α,β-unsaturated/α-hetero) is 1. The van der Waals surface area contributed by atoms with Crippen molar-refractivity contribution in [3.8, 4) is 0 Å². The van der Waals surface area contributed by atoms with E-state index in [-0.39, 0.29) is 23.1 Å². The highest BCUT2D eigenvalue weighted by molar-refractivity contribution is 7.66. The lowest BCUT2D eigenvalue weighted by Crippen LogP contribution is -1.93. The number of carbonyl (C=O) groups excluding carboxylic acids is 1. The van der Waals surface area contributed by atoms with Gasteiger partial charge in [0.25, 0.3) is 10.9 Å². The summed E-state index contributed by atoms with van der Waals surface area (Å²) < 4.78 is 10.6. The molecule has 1 aromatic heterocycles. The number of hydrogen-bond acceptors (Lipinski definition) is 5. The molecule has 0 saturated carbocycles. The number of ketones is 1. The van der Waals surface area contributed by atoms with Gasteiger partial charge in [0.1, 0.15) is 4.88 Å². The molecule has 7 heteroatoms. The second-order valence-corrected chi connectivity index (χ2v) is 4.90. The third-order valence-electron chi connectivity index (χ3n) is 1.80. The second kappa shape index (κ2) is 4.54. The van der Waals surface area contributed by atoms with Crippen LogP contribution in [0.2, 0.25) is 0 Å². The zero-order valence-electron chi connectivity index (χ0n) is 8.05. The summed E-state index contributed by atoms with van der Waals surface area (Å²) in [6.07, 6.45) is 0. The van der Waals surface area contributed by atoms with Crippen molar-refractivity contribution in [2.24, 2.45) is 0 Å². The molecule has 5 nitrogen and oxygen atoms in total. The lowest BCUT2D eigenvalue weighted by Gasteiger charge is -1.88. The van der Waals surface area contributed by atoms with E-state index in [1.54, 1.807) is 6.92 Å². The molecular weight excluding hydrogens is 238 g/mol. The Hall–Kier alpha value is -1.21. The van der Waals surface area contributed by atoms with Crippen LogP contribution in [0, 0.1) is 10.1 Å². The highest BCUT2D eigenvalue weighted by atomic mass is 32.1. The maximum atomic E-state index is 11.0. The van der Waals surface area contributed by atoms with Gasteiger partial charge in [0.05, 0.1) is 9.80 Å². The van der Waals surface area contributed by atoms with E-state index >= 15 is 0 Å². The number of hydrogen-bond donors (Lipinski definition) is 0. The SMILES string of the molecule is CC(=O)c1cc([N+](=O)[O-])c(C(C)[S+]=O)s1. The maximum Gasteiger partial charge on any atom is 0.468 e. The average molecular weight is 246 g/mol. The van der Waals surface area contributed by atoms with Crippen LogP contribution < -0.4 is 0 Å². The molecule has 0 radical (unpaired) electrons. The fourth-order valence-electron chi connectivity index (χ4n) is 1.05. The van der Waals surface area contributed by atoms with Gasteiger partial charge in [-0.15, -0.1) is 11.3 Å². The summed E-state index contributed by atoms with van der Waals surface area (Å²) in [6.45, 7) is 2.93. The van der Waals surface area contributed by atoms with E-state index in [0.717, 1.165) is 11.3 Å². The quantitative estimate of drug-likeness (QED) is 0.353. The molecule has 0 amide bonds. The maximum absolute atomic E-state index is 11.0. The Kier molecular flexibility index (Phi) is 3.59. The summed E-state index contributed by atoms with van der Waals surface area (Å²) in [7, 11) is 0. The van der Waals surface area contributed by atoms with E-state index in [9.17, 15) is 19.1 Å². The molecule has 1 unspecified atom stereocenters. The Labute approximate surface area is 93.8 Å². The molecule has 0 aromatic carbocycles. The fraction of sp³-hybridized carbons (Fsp3) is 0.375. The van der Waals surface area contributed by atoms with E-state index in [0.29, 0.717) is 9.75 Å². The Balaban J connectivity index is 3.29. The van der Waals surface area contributed by atoms with Crippen LogP contribution in [0.25, 0.3) is 0 Å². The monoisotopic (exact) mass is 246 g/mol. The molecule has 0 aliphatic carbocycles. The number of carbonyl (C=O) groups is 1. The van der Waals surface area contributed by atoms with E-state index in [1.807, 2.05) is 0 Å². The van der Waals surface area contributed by atoms with Crippen molar-refractivity contribution in [1.82, 2.24) is 0 Å². The van der Waals surface area contributed by atoms with Crippen LogP contribution in [0.1, 0.15) is 33.6 Å². The van der Waals surface area contributed by atoms with Gasteiger partial charge in [0, 0.05) is 17.2 Å². The van der Waals surface area contributed by atoms with Crippen molar-refractivity contribution in [3.05, 3.63) is 25.9 Å². The van der Waals surface area contributed by atoms with Crippen molar-refractivity contribution >= 4 is 34.5 Å². The van der Waals surface area contributed by atoms with Gasteiger partial charge in [-0.25, -0.2) is 0 Å². The minimum Gasteiger partial charge on any atom is -0.294 e. The molecule has 1 heterocycles. The number of rotatable bonds is 4. The van der Waals surface area contributed by atoms with E-state index in [4.69, 9.17) is 0 Å². The van der Waals surface area contributed by atoms with Crippen LogP contribution >= 0.6 is 11.3 Å². The van der Waals surface area contributed by atoms with Gasteiger partial charge in [0.15, 0.2) is 5.78 Å². The molecule has 1 rings (SSSR count). The summed E-state index contributed by atoms with van der Waals surface area (Å²) in [5.74, 6) is -0.225. The van der Waals surface area contributed by atoms with Crippen molar-refractivity contribution in [1.29, 1.82) is 0 Å². The standard InChI is InChI=1S/C8H8NO4S2/c1-4(10)7-3-6(9(11)12)8(14-7)5(2)15-13/h3,5H,1-2H3/q+1. The molecule has 0 spiro atoms. The molecular formula is C8H8NO4S2+. The van der Waals surface area contributed by atoms with Gasteiger partial charge in [-0.3, -0.25) is 14.9 Å². The van der Waals surface area contributed by atoms with Gasteiger partial charge in [-0.1, -0.05) is 0 Å². The predicted octanol–water partition coefficient (Wildman–Crippen LogP) is 2.35. The fourth-order valence-corrected chi connectivity index (χ4v) is 2.47. The van der Waals surface area contributed by atoms with Crippen LogP contribution in [-0.2, 0) is 15.9 Å². The van der Waals surface area contributed by atoms with Crippen LogP contribution in [0.3, 0.4) is 0 Å².